The first-order valence-corrected chi connectivity index (χ1v) is 7.84. The van der Waals surface area contributed by atoms with Gasteiger partial charge in [0.05, 0.1) is 0 Å². The SMILES string of the molecule is CCC1CN(Cc2ccc(Br)cc2F)C(CC)CN1. The lowest BCUT2D eigenvalue weighted by Crippen LogP contribution is -2.55. The average Bonchev–Trinajstić information content (AvgIpc) is 2.41. The fraction of sp³-hybridized carbons (Fsp3) is 0.600. The van der Waals surface area contributed by atoms with Crippen molar-refractivity contribution in [3.8, 4) is 0 Å². The fourth-order valence-corrected chi connectivity index (χ4v) is 3.00. The molecule has 0 bridgehead atoms. The minimum atomic E-state index is -0.115. The first kappa shape index (κ1) is 14.9. The van der Waals surface area contributed by atoms with E-state index >= 15 is 0 Å². The molecule has 1 aromatic carbocycles. The average molecular weight is 329 g/mol. The highest BCUT2D eigenvalue weighted by Crippen LogP contribution is 2.20. The van der Waals surface area contributed by atoms with Crippen molar-refractivity contribution < 1.29 is 4.39 Å². The number of rotatable bonds is 4. The van der Waals surface area contributed by atoms with Crippen LogP contribution in [-0.2, 0) is 6.54 Å². The van der Waals surface area contributed by atoms with Crippen LogP contribution in [0.4, 0.5) is 4.39 Å². The molecule has 0 radical (unpaired) electrons. The Labute approximate surface area is 123 Å². The van der Waals surface area contributed by atoms with Gasteiger partial charge >= 0.3 is 0 Å². The zero-order chi connectivity index (χ0) is 13.8. The summed E-state index contributed by atoms with van der Waals surface area (Å²) in [5.74, 6) is -0.115. The third-order valence-electron chi connectivity index (χ3n) is 3.97. The van der Waals surface area contributed by atoms with Gasteiger partial charge in [-0.15, -0.1) is 0 Å². The Morgan fingerprint density at radius 2 is 2.16 bits per heavy atom. The summed E-state index contributed by atoms with van der Waals surface area (Å²) in [6.45, 7) is 7.11. The van der Waals surface area contributed by atoms with Gasteiger partial charge in [-0.3, -0.25) is 4.90 Å². The molecule has 1 aliphatic heterocycles. The van der Waals surface area contributed by atoms with Gasteiger partial charge in [0.25, 0.3) is 0 Å². The van der Waals surface area contributed by atoms with Crippen LogP contribution in [0.5, 0.6) is 0 Å². The maximum atomic E-state index is 13.9. The van der Waals surface area contributed by atoms with Gasteiger partial charge < -0.3 is 5.32 Å². The first-order valence-electron chi connectivity index (χ1n) is 7.05. The molecule has 2 unspecified atom stereocenters. The summed E-state index contributed by atoms with van der Waals surface area (Å²) in [4.78, 5) is 2.41. The predicted molar refractivity (Wildman–Crippen MR) is 80.7 cm³/mol. The second-order valence-electron chi connectivity index (χ2n) is 5.24. The van der Waals surface area contributed by atoms with Gasteiger partial charge in [0, 0.05) is 41.8 Å². The summed E-state index contributed by atoms with van der Waals surface area (Å²) < 4.78 is 14.7. The first-order chi connectivity index (χ1) is 9.13. The van der Waals surface area contributed by atoms with Gasteiger partial charge in [0.15, 0.2) is 0 Å². The normalized spacial score (nSPS) is 24.6. The molecule has 1 saturated heterocycles. The van der Waals surface area contributed by atoms with Gasteiger partial charge in [0.2, 0.25) is 0 Å². The Morgan fingerprint density at radius 3 is 2.79 bits per heavy atom. The fourth-order valence-electron chi connectivity index (χ4n) is 2.67. The van der Waals surface area contributed by atoms with Crippen LogP contribution < -0.4 is 5.32 Å². The molecule has 0 amide bonds. The van der Waals surface area contributed by atoms with Crippen LogP contribution >= 0.6 is 15.9 Å². The molecule has 2 nitrogen and oxygen atoms in total. The van der Waals surface area contributed by atoms with Crippen molar-refractivity contribution in [1.82, 2.24) is 10.2 Å². The molecule has 2 atom stereocenters. The van der Waals surface area contributed by atoms with Gasteiger partial charge in [-0.05, 0) is 25.0 Å². The highest BCUT2D eigenvalue weighted by atomic mass is 79.9. The molecule has 0 aromatic heterocycles. The van der Waals surface area contributed by atoms with Crippen molar-refractivity contribution in [2.45, 2.75) is 45.3 Å². The standard InChI is InChI=1S/C15H22BrFN2/c1-3-13-10-19(14(4-2)8-18-13)9-11-5-6-12(16)7-15(11)17/h5-7,13-14,18H,3-4,8-10H2,1-2H3. The summed E-state index contributed by atoms with van der Waals surface area (Å²) in [5.41, 5.74) is 0.790. The number of halogens is 2. The second-order valence-corrected chi connectivity index (χ2v) is 6.16. The van der Waals surface area contributed by atoms with Crippen LogP contribution in [-0.4, -0.2) is 30.1 Å². The van der Waals surface area contributed by atoms with E-state index in [2.05, 4.69) is 40.0 Å². The van der Waals surface area contributed by atoms with Crippen LogP contribution in [0, 0.1) is 5.82 Å². The number of nitrogens with one attached hydrogen (secondary N) is 1. The Kier molecular flexibility index (Phi) is 5.37. The Bertz CT molecular complexity index is 425. The molecule has 1 aromatic rings. The van der Waals surface area contributed by atoms with E-state index in [1.807, 2.05) is 12.1 Å². The van der Waals surface area contributed by atoms with Crippen molar-refractivity contribution in [3.05, 3.63) is 34.1 Å². The minimum absolute atomic E-state index is 0.115. The Morgan fingerprint density at radius 1 is 1.37 bits per heavy atom. The van der Waals surface area contributed by atoms with E-state index in [1.54, 1.807) is 6.07 Å². The van der Waals surface area contributed by atoms with Crippen molar-refractivity contribution in [2.24, 2.45) is 0 Å². The Hall–Kier alpha value is -0.450. The van der Waals surface area contributed by atoms with Crippen LogP contribution in [0.1, 0.15) is 32.3 Å². The number of hydrogen-bond acceptors (Lipinski definition) is 2. The zero-order valence-electron chi connectivity index (χ0n) is 11.6. The molecule has 106 valence electrons. The van der Waals surface area contributed by atoms with Crippen LogP contribution in [0.25, 0.3) is 0 Å². The molecule has 1 heterocycles. The maximum Gasteiger partial charge on any atom is 0.128 e. The molecule has 4 heteroatoms. The maximum absolute atomic E-state index is 13.9. The second kappa shape index (κ2) is 6.82. The summed E-state index contributed by atoms with van der Waals surface area (Å²) in [7, 11) is 0. The van der Waals surface area contributed by atoms with E-state index in [0.717, 1.165) is 36.0 Å². The summed E-state index contributed by atoms with van der Waals surface area (Å²) in [6.07, 6.45) is 2.22. The van der Waals surface area contributed by atoms with E-state index in [1.165, 1.54) is 0 Å². The molecule has 0 aliphatic carbocycles. The topological polar surface area (TPSA) is 15.3 Å². The van der Waals surface area contributed by atoms with E-state index in [0.29, 0.717) is 18.6 Å². The van der Waals surface area contributed by atoms with Crippen LogP contribution in [0.15, 0.2) is 22.7 Å². The molecule has 1 aliphatic rings. The lowest BCUT2D eigenvalue weighted by molar-refractivity contribution is 0.116. The number of benzene rings is 1. The summed E-state index contributed by atoms with van der Waals surface area (Å²) in [6, 6.07) is 6.39. The summed E-state index contributed by atoms with van der Waals surface area (Å²) in [5, 5.41) is 3.57. The predicted octanol–water partition coefficient (Wildman–Crippen LogP) is 3.55. The Balaban J connectivity index is 2.09. The third kappa shape index (κ3) is 3.77. The van der Waals surface area contributed by atoms with Crippen LogP contribution in [0.3, 0.4) is 0 Å². The molecular weight excluding hydrogens is 307 g/mol. The highest BCUT2D eigenvalue weighted by molar-refractivity contribution is 9.10. The van der Waals surface area contributed by atoms with E-state index in [-0.39, 0.29) is 5.82 Å². The largest absolute Gasteiger partial charge is 0.311 e. The van der Waals surface area contributed by atoms with Crippen molar-refractivity contribution in [2.75, 3.05) is 13.1 Å². The lowest BCUT2D eigenvalue weighted by atomic mass is 10.0. The molecule has 19 heavy (non-hydrogen) atoms. The number of piperazine rings is 1. The van der Waals surface area contributed by atoms with Crippen LogP contribution in [0.2, 0.25) is 0 Å². The van der Waals surface area contributed by atoms with Crippen molar-refractivity contribution in [3.63, 3.8) is 0 Å². The van der Waals surface area contributed by atoms with Gasteiger partial charge in [0.1, 0.15) is 5.82 Å². The molecular formula is C15H22BrFN2. The van der Waals surface area contributed by atoms with E-state index in [9.17, 15) is 4.39 Å². The molecule has 1 fully saturated rings. The lowest BCUT2D eigenvalue weighted by Gasteiger charge is -2.40. The minimum Gasteiger partial charge on any atom is -0.311 e. The van der Waals surface area contributed by atoms with E-state index in [4.69, 9.17) is 0 Å². The van der Waals surface area contributed by atoms with Crippen molar-refractivity contribution in [1.29, 1.82) is 0 Å². The zero-order valence-corrected chi connectivity index (χ0v) is 13.2. The molecule has 0 spiro atoms. The number of hydrogen-bond donors (Lipinski definition) is 1. The quantitative estimate of drug-likeness (QED) is 0.909. The third-order valence-corrected chi connectivity index (χ3v) is 4.46. The monoisotopic (exact) mass is 328 g/mol. The molecule has 1 N–H and O–H groups in total. The van der Waals surface area contributed by atoms with Crippen molar-refractivity contribution >= 4 is 15.9 Å². The highest BCUT2D eigenvalue weighted by Gasteiger charge is 2.26. The van der Waals surface area contributed by atoms with Gasteiger partial charge in [-0.1, -0.05) is 35.8 Å². The molecule has 2 rings (SSSR count). The summed E-state index contributed by atoms with van der Waals surface area (Å²) >= 11 is 3.30. The number of nitrogens with zero attached hydrogens (tertiary/aromatic N) is 1. The molecule has 0 saturated carbocycles. The smallest absolute Gasteiger partial charge is 0.128 e. The van der Waals surface area contributed by atoms with Gasteiger partial charge in [-0.25, -0.2) is 4.39 Å². The van der Waals surface area contributed by atoms with E-state index < -0.39 is 0 Å². The van der Waals surface area contributed by atoms with Gasteiger partial charge in [-0.2, -0.15) is 0 Å².